The Hall–Kier alpha value is -1.58. The molecule has 2 bridgehead atoms. The summed E-state index contributed by atoms with van der Waals surface area (Å²) in [5, 5.41) is 0. The lowest BCUT2D eigenvalue weighted by Crippen LogP contribution is -2.50. The first-order chi connectivity index (χ1) is 10.2. The molecule has 2 aliphatic heterocycles. The van der Waals surface area contributed by atoms with E-state index in [1.165, 1.54) is 12.8 Å². The maximum atomic E-state index is 12.7. The molecule has 1 amide bonds. The van der Waals surface area contributed by atoms with E-state index in [9.17, 15) is 9.59 Å². The van der Waals surface area contributed by atoms with Crippen LogP contribution in [0.4, 0.5) is 0 Å². The number of piperidine rings is 1. The van der Waals surface area contributed by atoms with Gasteiger partial charge in [0.15, 0.2) is 0 Å². The van der Waals surface area contributed by atoms with Crippen molar-refractivity contribution in [2.24, 2.45) is 11.8 Å². The number of hydrogen-bond acceptors (Lipinski definition) is 2. The average Bonchev–Trinajstić information content (AvgIpc) is 3.02. The van der Waals surface area contributed by atoms with Gasteiger partial charge in [-0.3, -0.25) is 9.59 Å². The van der Waals surface area contributed by atoms with E-state index in [1.54, 1.807) is 6.07 Å². The van der Waals surface area contributed by atoms with Gasteiger partial charge in [0, 0.05) is 43.2 Å². The van der Waals surface area contributed by atoms with Gasteiger partial charge in [-0.15, -0.1) is 0 Å². The zero-order valence-corrected chi connectivity index (χ0v) is 12.3. The topological polar surface area (TPSA) is 42.3 Å². The Morgan fingerprint density at radius 2 is 1.90 bits per heavy atom. The van der Waals surface area contributed by atoms with Gasteiger partial charge < -0.3 is 9.47 Å². The number of aromatic nitrogens is 1. The number of pyridine rings is 1. The van der Waals surface area contributed by atoms with Crippen molar-refractivity contribution in [3.05, 3.63) is 34.2 Å². The number of hydrogen-bond donors (Lipinski definition) is 0. The molecule has 1 aromatic heterocycles. The molecule has 4 heteroatoms. The summed E-state index contributed by atoms with van der Waals surface area (Å²) in [7, 11) is 0. The third kappa shape index (κ3) is 2.21. The highest BCUT2D eigenvalue weighted by Gasteiger charge is 2.38. The molecule has 112 valence electrons. The summed E-state index contributed by atoms with van der Waals surface area (Å²) in [6.07, 6.45) is 5.67. The monoisotopic (exact) mass is 286 g/mol. The standard InChI is InChI=1S/C17H22N2O2/c20-16-7-3-6-15-14-8-12(10-19(15)16)9-18(11-14)17(21)13-4-1-2-5-13/h3,6-7,12-14H,1-2,4-5,8-11H2. The quantitative estimate of drug-likeness (QED) is 0.792. The summed E-state index contributed by atoms with van der Waals surface area (Å²) < 4.78 is 1.93. The lowest BCUT2D eigenvalue weighted by Gasteiger charge is -2.43. The summed E-state index contributed by atoms with van der Waals surface area (Å²) in [6, 6.07) is 5.56. The Labute approximate surface area is 124 Å². The van der Waals surface area contributed by atoms with Gasteiger partial charge in [-0.05, 0) is 31.2 Å². The molecular weight excluding hydrogens is 264 g/mol. The Kier molecular flexibility index (Phi) is 3.12. The van der Waals surface area contributed by atoms with E-state index in [1.807, 2.05) is 10.6 Å². The van der Waals surface area contributed by atoms with Crippen molar-refractivity contribution < 1.29 is 4.79 Å². The van der Waals surface area contributed by atoms with Gasteiger partial charge in [0.05, 0.1) is 0 Å². The molecule has 1 aromatic rings. The second-order valence-corrected chi connectivity index (χ2v) is 6.92. The highest BCUT2D eigenvalue weighted by molar-refractivity contribution is 5.79. The van der Waals surface area contributed by atoms with Crippen LogP contribution in [0, 0.1) is 11.8 Å². The predicted molar refractivity (Wildman–Crippen MR) is 80.1 cm³/mol. The van der Waals surface area contributed by atoms with Crippen molar-refractivity contribution in [1.82, 2.24) is 9.47 Å². The fourth-order valence-corrected chi connectivity index (χ4v) is 4.51. The maximum absolute atomic E-state index is 12.7. The van der Waals surface area contributed by atoms with Crippen LogP contribution in [0.3, 0.4) is 0 Å². The van der Waals surface area contributed by atoms with Crippen molar-refractivity contribution in [2.75, 3.05) is 13.1 Å². The molecule has 1 saturated heterocycles. The van der Waals surface area contributed by atoms with Crippen LogP contribution in [0.5, 0.6) is 0 Å². The number of fused-ring (bicyclic) bond motifs is 4. The van der Waals surface area contributed by atoms with Gasteiger partial charge in [-0.2, -0.15) is 0 Å². The molecule has 21 heavy (non-hydrogen) atoms. The largest absolute Gasteiger partial charge is 0.341 e. The SMILES string of the molecule is O=C(C1CCCC1)N1CC2CC(C1)c1cccc(=O)n1C2. The molecule has 0 radical (unpaired) electrons. The van der Waals surface area contributed by atoms with Crippen LogP contribution < -0.4 is 5.56 Å². The second kappa shape index (κ2) is 5.00. The van der Waals surface area contributed by atoms with Crippen LogP contribution in [-0.4, -0.2) is 28.5 Å². The van der Waals surface area contributed by atoms with Crippen molar-refractivity contribution >= 4 is 5.91 Å². The highest BCUT2D eigenvalue weighted by atomic mass is 16.2. The van der Waals surface area contributed by atoms with Gasteiger partial charge in [0.2, 0.25) is 5.91 Å². The fraction of sp³-hybridized carbons (Fsp3) is 0.647. The van der Waals surface area contributed by atoms with E-state index < -0.39 is 0 Å². The van der Waals surface area contributed by atoms with E-state index in [0.717, 1.165) is 44.6 Å². The highest BCUT2D eigenvalue weighted by Crippen LogP contribution is 2.36. The Morgan fingerprint density at radius 1 is 1.10 bits per heavy atom. The van der Waals surface area contributed by atoms with E-state index in [0.29, 0.717) is 17.7 Å². The summed E-state index contributed by atoms with van der Waals surface area (Å²) in [5.41, 5.74) is 1.24. The molecular formula is C17H22N2O2. The van der Waals surface area contributed by atoms with Crippen LogP contribution in [0.1, 0.15) is 43.7 Å². The summed E-state index contributed by atoms with van der Waals surface area (Å²) in [6.45, 7) is 2.42. The number of amides is 1. The van der Waals surface area contributed by atoms with Crippen molar-refractivity contribution in [3.8, 4) is 0 Å². The zero-order valence-electron chi connectivity index (χ0n) is 12.3. The fourth-order valence-electron chi connectivity index (χ4n) is 4.51. The van der Waals surface area contributed by atoms with Crippen LogP contribution >= 0.6 is 0 Å². The Morgan fingerprint density at radius 3 is 2.71 bits per heavy atom. The van der Waals surface area contributed by atoms with Crippen LogP contribution in [0.2, 0.25) is 0 Å². The van der Waals surface area contributed by atoms with Gasteiger partial charge in [0.25, 0.3) is 5.56 Å². The van der Waals surface area contributed by atoms with Crippen molar-refractivity contribution in [3.63, 3.8) is 0 Å². The number of nitrogens with zero attached hydrogens (tertiary/aromatic N) is 2. The molecule has 4 rings (SSSR count). The van der Waals surface area contributed by atoms with E-state index in [4.69, 9.17) is 0 Å². The molecule has 1 saturated carbocycles. The van der Waals surface area contributed by atoms with Gasteiger partial charge in [-0.1, -0.05) is 18.9 Å². The summed E-state index contributed by atoms with van der Waals surface area (Å²) in [5.74, 6) is 1.43. The molecule has 0 aromatic carbocycles. The lowest BCUT2D eigenvalue weighted by molar-refractivity contribution is -0.138. The molecule has 0 N–H and O–H groups in total. The first kappa shape index (κ1) is 13.1. The van der Waals surface area contributed by atoms with Crippen LogP contribution in [0.25, 0.3) is 0 Å². The normalized spacial score (nSPS) is 28.5. The average molecular weight is 286 g/mol. The summed E-state index contributed by atoms with van der Waals surface area (Å²) in [4.78, 5) is 26.8. The Bertz CT molecular complexity index is 615. The molecule has 2 fully saturated rings. The number of carbonyl (C=O) groups excluding carboxylic acids is 1. The number of rotatable bonds is 1. The molecule has 3 heterocycles. The second-order valence-electron chi connectivity index (χ2n) is 6.92. The molecule has 1 aliphatic carbocycles. The predicted octanol–water partition coefficient (Wildman–Crippen LogP) is 1.98. The first-order valence-electron chi connectivity index (χ1n) is 8.21. The molecule has 2 atom stereocenters. The minimum Gasteiger partial charge on any atom is -0.341 e. The van der Waals surface area contributed by atoms with Crippen molar-refractivity contribution in [1.29, 1.82) is 0 Å². The molecule has 4 nitrogen and oxygen atoms in total. The summed E-state index contributed by atoms with van der Waals surface area (Å²) >= 11 is 0. The van der Waals surface area contributed by atoms with E-state index in [-0.39, 0.29) is 11.5 Å². The smallest absolute Gasteiger partial charge is 0.250 e. The van der Waals surface area contributed by atoms with Gasteiger partial charge >= 0.3 is 0 Å². The van der Waals surface area contributed by atoms with Gasteiger partial charge in [0.1, 0.15) is 0 Å². The molecule has 2 unspecified atom stereocenters. The molecule has 3 aliphatic rings. The minimum atomic E-state index is 0.109. The third-order valence-corrected chi connectivity index (χ3v) is 5.50. The van der Waals surface area contributed by atoms with Gasteiger partial charge in [-0.25, -0.2) is 0 Å². The zero-order chi connectivity index (χ0) is 14.4. The van der Waals surface area contributed by atoms with Crippen LogP contribution in [0.15, 0.2) is 23.0 Å². The first-order valence-corrected chi connectivity index (χ1v) is 8.21. The van der Waals surface area contributed by atoms with E-state index in [2.05, 4.69) is 11.0 Å². The van der Waals surface area contributed by atoms with E-state index >= 15 is 0 Å². The van der Waals surface area contributed by atoms with Crippen LogP contribution in [-0.2, 0) is 11.3 Å². The molecule has 0 spiro atoms. The number of likely N-dealkylation sites (tertiary alicyclic amines) is 1. The minimum absolute atomic E-state index is 0.109. The Balaban J connectivity index is 1.59. The maximum Gasteiger partial charge on any atom is 0.250 e. The van der Waals surface area contributed by atoms with Crippen molar-refractivity contribution in [2.45, 2.75) is 44.6 Å². The lowest BCUT2D eigenvalue weighted by atomic mass is 9.82. The number of carbonyl (C=O) groups is 1. The third-order valence-electron chi connectivity index (χ3n) is 5.50.